The molecule has 334 valence electrons. The first kappa shape index (κ1) is 53.1. The normalized spacial score (nSPS) is 20.6. The van der Waals surface area contributed by atoms with Crippen LogP contribution in [-0.2, 0) is 23.9 Å². The van der Waals surface area contributed by atoms with E-state index in [-0.39, 0.29) is 24.0 Å². The predicted molar refractivity (Wildman–Crippen MR) is 228 cm³/mol. The van der Waals surface area contributed by atoms with E-state index in [9.17, 15) is 39.6 Å². The Hall–Kier alpha value is -1.93. The van der Waals surface area contributed by atoms with E-state index in [1.165, 1.54) is 116 Å². The Balaban J connectivity index is 2.89. The van der Waals surface area contributed by atoms with Crippen LogP contribution in [0, 0.1) is 5.92 Å². The molecule has 1 rings (SSSR count). The third kappa shape index (κ3) is 25.3. The molecule has 0 radical (unpaired) electrons. The van der Waals surface area contributed by atoms with Crippen molar-refractivity contribution in [1.82, 2.24) is 10.6 Å². The van der Waals surface area contributed by atoms with E-state index in [1.807, 2.05) is 0 Å². The molecule has 0 aromatic carbocycles. The first-order valence-electron chi connectivity index (χ1n) is 22.8. The summed E-state index contributed by atoms with van der Waals surface area (Å²) in [7, 11) is 0. The zero-order chi connectivity index (χ0) is 42.3. The number of carbonyl (C=O) groups is 4. The number of carboxylic acids is 2. The third-order valence-electron chi connectivity index (χ3n) is 11.3. The van der Waals surface area contributed by atoms with Gasteiger partial charge in [-0.05, 0) is 26.2 Å². The van der Waals surface area contributed by atoms with Gasteiger partial charge in [0, 0.05) is 18.1 Å². The maximum atomic E-state index is 14.0. The van der Waals surface area contributed by atoms with Gasteiger partial charge in [-0.2, -0.15) is 0 Å². The fourth-order valence-corrected chi connectivity index (χ4v) is 8.71. The number of carbonyl (C=O) groups excluding carboxylic acids is 2. The molecule has 0 aliphatic carbocycles. The zero-order valence-corrected chi connectivity index (χ0v) is 36.6. The third-order valence-corrected chi connectivity index (χ3v) is 12.6. The molecule has 1 saturated heterocycles. The highest BCUT2D eigenvalue weighted by molar-refractivity contribution is 7.99. The summed E-state index contributed by atoms with van der Waals surface area (Å²) in [6, 6.07) is -2.71. The molecule has 13 heteroatoms. The molecule has 7 atom stereocenters. The van der Waals surface area contributed by atoms with E-state index in [0.29, 0.717) is 12.8 Å². The van der Waals surface area contributed by atoms with Gasteiger partial charge >= 0.3 is 11.9 Å². The fraction of sp³-hybridized carbons (Fsp3) is 0.909. The quantitative estimate of drug-likeness (QED) is 0.0297. The fourth-order valence-electron chi connectivity index (χ4n) is 7.48. The molecule has 1 aliphatic heterocycles. The molecular formula is C44H82N2O10S. The lowest BCUT2D eigenvalue weighted by atomic mass is 9.93. The van der Waals surface area contributed by atoms with Gasteiger partial charge < -0.3 is 40.9 Å². The van der Waals surface area contributed by atoms with E-state index < -0.39 is 66.2 Å². The molecule has 1 aliphatic rings. The minimum absolute atomic E-state index is 0.121. The molecule has 12 nitrogen and oxygen atoms in total. The summed E-state index contributed by atoms with van der Waals surface area (Å²) in [5.74, 6) is -4.14. The minimum Gasteiger partial charge on any atom is -0.481 e. The van der Waals surface area contributed by atoms with E-state index >= 15 is 0 Å². The molecule has 0 aromatic heterocycles. The highest BCUT2D eigenvalue weighted by Gasteiger charge is 2.42. The molecule has 57 heavy (non-hydrogen) atoms. The highest BCUT2D eigenvalue weighted by atomic mass is 32.2. The van der Waals surface area contributed by atoms with Gasteiger partial charge in [0.1, 0.15) is 35.8 Å². The van der Waals surface area contributed by atoms with Crippen molar-refractivity contribution in [1.29, 1.82) is 0 Å². The van der Waals surface area contributed by atoms with Crippen molar-refractivity contribution >= 4 is 35.5 Å². The molecule has 0 saturated carbocycles. The second-order valence-electron chi connectivity index (χ2n) is 16.5. The summed E-state index contributed by atoms with van der Waals surface area (Å²) in [6.07, 6.45) is 24.5. The second-order valence-corrected chi connectivity index (χ2v) is 17.6. The van der Waals surface area contributed by atoms with Crippen LogP contribution in [0.4, 0.5) is 0 Å². The SMILES string of the molecule is CCCCCCCCCCCCCCC(CCCCCCCCCCCCCC)C(=O)N[C@H](CS[C@@H]1O[C@@H](C)[C@@H](O)[C@@H](O)[C@@H]1O)C(=O)N[C@@H](CCC(=O)O)C(=O)O. The summed E-state index contributed by atoms with van der Waals surface area (Å²) in [5.41, 5.74) is -1.02. The standard InChI is InChI=1S/C44H82N2O10S/c1-4-6-8-10-12-14-16-18-20-22-24-26-28-34(29-27-25-23-21-19-17-15-13-11-9-7-5-2)41(52)46-36(42(53)45-35(43(54)55)30-31-37(47)48)32-57-44-40(51)39(50)38(49)33(3)56-44/h33-36,38-40,44,49-51H,4-32H2,1-3H3,(H,45,53)(H,46,52)(H,47,48)(H,54,55)/t33-,35-,36+,38+,39+,40-,44-/m0/s1. The van der Waals surface area contributed by atoms with Crippen LogP contribution in [0.15, 0.2) is 0 Å². The van der Waals surface area contributed by atoms with Crippen molar-refractivity contribution in [3.05, 3.63) is 0 Å². The number of aliphatic hydroxyl groups excluding tert-OH is 3. The number of thioether (sulfide) groups is 1. The van der Waals surface area contributed by atoms with Crippen molar-refractivity contribution in [3.63, 3.8) is 0 Å². The Bertz CT molecular complexity index is 1040. The maximum Gasteiger partial charge on any atom is 0.326 e. The van der Waals surface area contributed by atoms with E-state index in [4.69, 9.17) is 9.84 Å². The summed E-state index contributed by atoms with van der Waals surface area (Å²) in [6.45, 7) is 6.02. The molecule has 0 aromatic rings. The molecule has 0 spiro atoms. The lowest BCUT2D eigenvalue weighted by Gasteiger charge is -2.39. The number of hydrogen-bond donors (Lipinski definition) is 7. The van der Waals surface area contributed by atoms with Crippen LogP contribution in [0.5, 0.6) is 0 Å². The smallest absolute Gasteiger partial charge is 0.326 e. The lowest BCUT2D eigenvalue weighted by Crippen LogP contribution is -2.57. The van der Waals surface area contributed by atoms with Crippen LogP contribution >= 0.6 is 11.8 Å². The molecule has 7 N–H and O–H groups in total. The largest absolute Gasteiger partial charge is 0.481 e. The van der Waals surface area contributed by atoms with Crippen molar-refractivity contribution < 1.29 is 49.4 Å². The van der Waals surface area contributed by atoms with Crippen LogP contribution < -0.4 is 10.6 Å². The van der Waals surface area contributed by atoms with Crippen LogP contribution in [0.2, 0.25) is 0 Å². The molecule has 0 bridgehead atoms. The van der Waals surface area contributed by atoms with Gasteiger partial charge in [0.05, 0.1) is 6.10 Å². The lowest BCUT2D eigenvalue weighted by molar-refractivity contribution is -0.192. The highest BCUT2D eigenvalue weighted by Crippen LogP contribution is 2.29. The first-order valence-corrected chi connectivity index (χ1v) is 23.8. The molecule has 0 unspecified atom stereocenters. The number of nitrogens with one attached hydrogen (secondary N) is 2. The van der Waals surface area contributed by atoms with Gasteiger partial charge in [-0.1, -0.05) is 168 Å². The molecule has 1 heterocycles. The topological polar surface area (TPSA) is 203 Å². The van der Waals surface area contributed by atoms with Crippen molar-refractivity contribution in [2.75, 3.05) is 5.75 Å². The monoisotopic (exact) mass is 831 g/mol. The van der Waals surface area contributed by atoms with Crippen LogP contribution in [0.25, 0.3) is 0 Å². The Morgan fingerprint density at radius 1 is 0.544 bits per heavy atom. The van der Waals surface area contributed by atoms with E-state index in [1.54, 1.807) is 6.92 Å². The molecule has 1 fully saturated rings. The molecular weight excluding hydrogens is 749 g/mol. The van der Waals surface area contributed by atoms with Gasteiger partial charge in [-0.3, -0.25) is 14.4 Å². The Kier molecular flexibility index (Phi) is 31.5. The number of rotatable bonds is 37. The summed E-state index contributed by atoms with van der Waals surface area (Å²) >= 11 is 0.973. The molecule has 2 amide bonds. The van der Waals surface area contributed by atoms with E-state index in [0.717, 1.165) is 50.3 Å². The van der Waals surface area contributed by atoms with Crippen LogP contribution in [-0.4, -0.2) is 97.0 Å². The van der Waals surface area contributed by atoms with Gasteiger partial charge in [-0.15, -0.1) is 11.8 Å². The number of unbranched alkanes of at least 4 members (excludes halogenated alkanes) is 22. The number of carboxylic acid groups (broad SMARTS) is 2. The predicted octanol–water partition coefficient (Wildman–Crippen LogP) is 8.26. The van der Waals surface area contributed by atoms with Crippen molar-refractivity contribution in [2.24, 2.45) is 5.92 Å². The van der Waals surface area contributed by atoms with Crippen molar-refractivity contribution in [3.8, 4) is 0 Å². The number of aliphatic hydroxyl groups is 3. The number of amides is 2. The summed E-state index contributed by atoms with van der Waals surface area (Å²) in [5, 5.41) is 55.2. The zero-order valence-electron chi connectivity index (χ0n) is 35.8. The summed E-state index contributed by atoms with van der Waals surface area (Å²) in [4.78, 5) is 50.7. The Labute approximate surface area is 348 Å². The van der Waals surface area contributed by atoms with Gasteiger partial charge in [0.2, 0.25) is 11.8 Å². The minimum atomic E-state index is -1.48. The second kappa shape index (κ2) is 33.9. The van der Waals surface area contributed by atoms with Crippen LogP contribution in [0.3, 0.4) is 0 Å². The first-order chi connectivity index (χ1) is 27.4. The summed E-state index contributed by atoms with van der Waals surface area (Å²) < 4.78 is 5.70. The van der Waals surface area contributed by atoms with Gasteiger partial charge in [-0.25, -0.2) is 4.79 Å². The van der Waals surface area contributed by atoms with E-state index in [2.05, 4.69) is 24.5 Å². The van der Waals surface area contributed by atoms with Crippen molar-refractivity contribution in [2.45, 2.75) is 242 Å². The number of aliphatic carboxylic acids is 2. The number of ether oxygens (including phenoxy) is 1. The Morgan fingerprint density at radius 2 is 0.947 bits per heavy atom. The average Bonchev–Trinajstić information content (AvgIpc) is 3.18. The maximum absolute atomic E-state index is 14.0. The van der Waals surface area contributed by atoms with Gasteiger partial charge in [0.25, 0.3) is 0 Å². The van der Waals surface area contributed by atoms with Crippen LogP contribution in [0.1, 0.15) is 201 Å². The number of hydrogen-bond acceptors (Lipinski definition) is 9. The average molecular weight is 831 g/mol. The Morgan fingerprint density at radius 3 is 1.35 bits per heavy atom. The van der Waals surface area contributed by atoms with Gasteiger partial charge in [0.15, 0.2) is 0 Å².